The Bertz CT molecular complexity index is 869. The third-order valence-corrected chi connectivity index (χ3v) is 5.42. The van der Waals surface area contributed by atoms with Gasteiger partial charge >= 0.3 is 0 Å². The monoisotopic (exact) mass is 355 g/mol. The van der Waals surface area contributed by atoms with Crippen LogP contribution in [0.2, 0.25) is 0 Å². The van der Waals surface area contributed by atoms with E-state index in [-0.39, 0.29) is 0 Å². The quantitative estimate of drug-likeness (QED) is 0.658. The van der Waals surface area contributed by atoms with Crippen LogP contribution in [-0.2, 0) is 0 Å². The Hall–Kier alpha value is -2.25. The average Bonchev–Trinajstić information content (AvgIpc) is 3.21. The maximum Gasteiger partial charge on any atom is 0.234 e. The van der Waals surface area contributed by atoms with E-state index >= 15 is 0 Å². The molecule has 1 saturated heterocycles. The van der Waals surface area contributed by atoms with E-state index in [0.29, 0.717) is 12.5 Å². The molecule has 1 fully saturated rings. The van der Waals surface area contributed by atoms with Gasteiger partial charge in [-0.25, -0.2) is 0 Å². The van der Waals surface area contributed by atoms with Crippen LogP contribution in [0.3, 0.4) is 0 Å². The summed E-state index contributed by atoms with van der Waals surface area (Å²) in [6.45, 7) is 6.34. The predicted octanol–water partition coefficient (Wildman–Crippen LogP) is 3.23. The molecule has 3 aromatic rings. The maximum absolute atomic E-state index is 5.53. The highest BCUT2D eigenvalue weighted by Crippen LogP contribution is 2.30. The van der Waals surface area contributed by atoms with E-state index in [1.165, 1.54) is 6.42 Å². The molecule has 0 bridgehead atoms. The van der Waals surface area contributed by atoms with Crippen molar-refractivity contribution in [2.24, 2.45) is 0 Å². The minimum Gasteiger partial charge on any atom is -0.490 e. The Morgan fingerprint density at radius 1 is 1.32 bits per heavy atom. The molecule has 0 amide bonds. The van der Waals surface area contributed by atoms with Gasteiger partial charge in [-0.1, -0.05) is 24.0 Å². The van der Waals surface area contributed by atoms with E-state index in [9.17, 15) is 0 Å². The summed E-state index contributed by atoms with van der Waals surface area (Å²) < 4.78 is 7.45. The van der Waals surface area contributed by atoms with Crippen molar-refractivity contribution in [2.45, 2.75) is 18.8 Å². The molecule has 25 heavy (non-hydrogen) atoms. The van der Waals surface area contributed by atoms with Gasteiger partial charge in [0.05, 0.1) is 0 Å². The zero-order valence-electron chi connectivity index (χ0n) is 14.3. The molecular weight excluding hydrogens is 334 g/mol. The number of ether oxygens (including phenoxy) is 1. The highest BCUT2D eigenvalue weighted by molar-refractivity contribution is 7.19. The Balaban J connectivity index is 1.60. The molecule has 1 unspecified atom stereocenters. The lowest BCUT2D eigenvalue weighted by Gasteiger charge is -2.28. The van der Waals surface area contributed by atoms with Crippen molar-refractivity contribution >= 4 is 16.3 Å². The molecule has 3 heterocycles. The number of benzene rings is 1. The van der Waals surface area contributed by atoms with Gasteiger partial charge in [0.15, 0.2) is 5.82 Å². The van der Waals surface area contributed by atoms with Crippen LogP contribution in [-0.4, -0.2) is 51.5 Å². The molecule has 0 aliphatic carbocycles. The summed E-state index contributed by atoms with van der Waals surface area (Å²) in [5.74, 6) is 2.21. The molecule has 0 radical (unpaired) electrons. The van der Waals surface area contributed by atoms with Crippen molar-refractivity contribution in [1.82, 2.24) is 24.7 Å². The molecule has 0 spiro atoms. The molecule has 130 valence electrons. The lowest BCUT2D eigenvalue weighted by atomic mass is 9.98. The summed E-state index contributed by atoms with van der Waals surface area (Å²) in [6.07, 6.45) is 4.08. The van der Waals surface area contributed by atoms with Crippen LogP contribution in [0.5, 0.6) is 5.75 Å². The van der Waals surface area contributed by atoms with Gasteiger partial charge in [0.1, 0.15) is 17.4 Å². The van der Waals surface area contributed by atoms with Crippen molar-refractivity contribution in [1.29, 1.82) is 0 Å². The lowest BCUT2D eigenvalue weighted by Crippen LogP contribution is -2.31. The molecule has 1 aliphatic rings. The Kier molecular flexibility index (Phi) is 4.50. The fourth-order valence-electron chi connectivity index (χ4n) is 3.23. The highest BCUT2D eigenvalue weighted by atomic mass is 32.1. The van der Waals surface area contributed by atoms with Crippen LogP contribution < -0.4 is 4.74 Å². The number of fused-ring (bicyclic) bond motifs is 1. The topological polar surface area (TPSA) is 55.6 Å². The number of rotatable bonds is 5. The van der Waals surface area contributed by atoms with Gasteiger partial charge in [-0.15, -0.1) is 10.2 Å². The summed E-state index contributed by atoms with van der Waals surface area (Å²) in [5.41, 5.74) is 1.06. The molecular formula is C18H21N5OS. The van der Waals surface area contributed by atoms with Gasteiger partial charge in [0.2, 0.25) is 4.96 Å². The summed E-state index contributed by atoms with van der Waals surface area (Å²) in [7, 11) is 2.16. The lowest BCUT2D eigenvalue weighted by molar-refractivity contribution is 0.244. The second-order valence-corrected chi connectivity index (χ2v) is 7.34. The fraction of sp³-hybridized carbons (Fsp3) is 0.389. The van der Waals surface area contributed by atoms with E-state index in [4.69, 9.17) is 9.84 Å². The maximum atomic E-state index is 5.53. The second kappa shape index (κ2) is 6.93. The molecule has 0 N–H and O–H groups in total. The fourth-order valence-corrected chi connectivity index (χ4v) is 4.08. The normalized spacial score (nSPS) is 18.5. The smallest absolute Gasteiger partial charge is 0.234 e. The van der Waals surface area contributed by atoms with E-state index in [1.807, 2.05) is 28.8 Å². The summed E-state index contributed by atoms with van der Waals surface area (Å²) in [5, 5.41) is 14.5. The predicted molar refractivity (Wildman–Crippen MR) is 99.3 cm³/mol. The van der Waals surface area contributed by atoms with Crippen molar-refractivity contribution in [3.8, 4) is 16.3 Å². The number of hydrogen-bond donors (Lipinski definition) is 0. The van der Waals surface area contributed by atoms with Crippen molar-refractivity contribution in [3.63, 3.8) is 0 Å². The molecule has 1 aromatic carbocycles. The van der Waals surface area contributed by atoms with Gasteiger partial charge in [-0.3, -0.25) is 0 Å². The standard InChI is InChI=1S/C18H21N5OS/c1-3-11-24-15-8-6-13(7-9-15)17-21-23-16(19-20-18(23)25-17)14-5-4-10-22(2)12-14/h3,6-9,14H,1,4-5,10-12H2,2H3. The molecule has 2 aromatic heterocycles. The summed E-state index contributed by atoms with van der Waals surface area (Å²) in [4.78, 5) is 3.20. The first-order chi connectivity index (χ1) is 12.2. The Labute approximate surface area is 150 Å². The molecule has 4 rings (SSSR count). The molecule has 7 heteroatoms. The third kappa shape index (κ3) is 3.29. The Morgan fingerprint density at radius 2 is 2.16 bits per heavy atom. The van der Waals surface area contributed by atoms with Crippen LogP contribution in [0.25, 0.3) is 15.5 Å². The second-order valence-electron chi connectivity index (χ2n) is 6.39. The van der Waals surface area contributed by atoms with Gasteiger partial charge in [-0.05, 0) is 50.7 Å². The average molecular weight is 355 g/mol. The number of piperidine rings is 1. The van der Waals surface area contributed by atoms with Crippen LogP contribution in [0.15, 0.2) is 36.9 Å². The van der Waals surface area contributed by atoms with Crippen molar-refractivity contribution in [2.75, 3.05) is 26.7 Å². The highest BCUT2D eigenvalue weighted by Gasteiger charge is 2.25. The van der Waals surface area contributed by atoms with E-state index in [1.54, 1.807) is 17.4 Å². The molecule has 6 nitrogen and oxygen atoms in total. The first-order valence-electron chi connectivity index (χ1n) is 8.49. The molecule has 0 saturated carbocycles. The van der Waals surface area contributed by atoms with E-state index in [0.717, 1.165) is 46.6 Å². The minimum absolute atomic E-state index is 0.401. The summed E-state index contributed by atoms with van der Waals surface area (Å²) >= 11 is 1.57. The number of likely N-dealkylation sites (N-methyl/N-ethyl adjacent to an activating group) is 1. The van der Waals surface area contributed by atoms with Crippen molar-refractivity contribution < 1.29 is 4.74 Å². The van der Waals surface area contributed by atoms with Gasteiger partial charge < -0.3 is 9.64 Å². The van der Waals surface area contributed by atoms with Crippen LogP contribution >= 0.6 is 11.3 Å². The number of aromatic nitrogens is 4. The van der Waals surface area contributed by atoms with E-state index < -0.39 is 0 Å². The minimum atomic E-state index is 0.401. The van der Waals surface area contributed by atoms with Gasteiger partial charge in [0.25, 0.3) is 0 Å². The molecule has 1 atom stereocenters. The zero-order valence-corrected chi connectivity index (χ0v) is 15.1. The van der Waals surface area contributed by atoms with Gasteiger partial charge in [0, 0.05) is 18.0 Å². The number of likely N-dealkylation sites (tertiary alicyclic amines) is 1. The number of nitrogens with zero attached hydrogens (tertiary/aromatic N) is 5. The number of hydrogen-bond acceptors (Lipinski definition) is 6. The third-order valence-electron chi connectivity index (χ3n) is 4.47. The first kappa shape index (κ1) is 16.2. The van der Waals surface area contributed by atoms with Gasteiger partial charge in [-0.2, -0.15) is 9.61 Å². The summed E-state index contributed by atoms with van der Waals surface area (Å²) in [6, 6.07) is 7.97. The molecule has 1 aliphatic heterocycles. The zero-order chi connectivity index (χ0) is 17.2. The van der Waals surface area contributed by atoms with Crippen LogP contribution in [0.1, 0.15) is 24.6 Å². The van der Waals surface area contributed by atoms with Crippen LogP contribution in [0.4, 0.5) is 0 Å². The van der Waals surface area contributed by atoms with Crippen LogP contribution in [0, 0.1) is 0 Å². The SMILES string of the molecule is C=CCOc1ccc(-c2nn3c(C4CCCN(C)C4)nnc3s2)cc1. The first-order valence-corrected chi connectivity index (χ1v) is 9.31. The van der Waals surface area contributed by atoms with E-state index in [2.05, 4.69) is 28.7 Å². The van der Waals surface area contributed by atoms with Crippen molar-refractivity contribution in [3.05, 3.63) is 42.7 Å². The Morgan fingerprint density at radius 3 is 2.92 bits per heavy atom. The largest absolute Gasteiger partial charge is 0.490 e.